The van der Waals surface area contributed by atoms with E-state index in [1.807, 2.05) is 11.3 Å². The summed E-state index contributed by atoms with van der Waals surface area (Å²) in [5, 5.41) is 1.40. The Hall–Kier alpha value is -0.410. The summed E-state index contributed by atoms with van der Waals surface area (Å²) in [7, 11) is 0. The number of nitrogens with two attached hydrogens (primary N) is 1. The van der Waals surface area contributed by atoms with Gasteiger partial charge >= 0.3 is 0 Å². The number of hydrogen-bond donors (Lipinski definition) is 1. The fourth-order valence-corrected chi connectivity index (χ4v) is 5.07. The maximum absolute atomic E-state index is 6.22. The van der Waals surface area contributed by atoms with E-state index in [9.17, 15) is 0 Å². The maximum Gasteiger partial charge on any atom is 0.0962 e. The summed E-state index contributed by atoms with van der Waals surface area (Å²) in [6.45, 7) is 2.31. The van der Waals surface area contributed by atoms with E-state index >= 15 is 0 Å². The number of fused-ring (bicyclic) bond motifs is 1. The van der Waals surface area contributed by atoms with E-state index in [1.165, 1.54) is 60.5 Å². The average molecular weight is 278 g/mol. The van der Waals surface area contributed by atoms with E-state index in [4.69, 9.17) is 10.7 Å². The molecule has 2 N–H and O–H groups in total. The summed E-state index contributed by atoms with van der Waals surface area (Å²) in [5.74, 6) is 1.72. The first kappa shape index (κ1) is 13.6. The van der Waals surface area contributed by atoms with Crippen LogP contribution in [0.5, 0.6) is 0 Å². The van der Waals surface area contributed by atoms with E-state index in [-0.39, 0.29) is 6.04 Å². The fourth-order valence-electron chi connectivity index (χ4n) is 3.75. The zero-order valence-electron chi connectivity index (χ0n) is 12.0. The normalized spacial score (nSPS) is 31.2. The van der Waals surface area contributed by atoms with Crippen molar-refractivity contribution in [3.8, 4) is 0 Å². The molecular formula is C16H26N2S. The standard InChI is InChI=1S/C16H26N2S/c1-2-4-11-7-9-12(10-8-11)16-18-14-6-3-5-13(17)15(14)19-16/h11-13H,2-10,17H2,1H3. The van der Waals surface area contributed by atoms with E-state index in [2.05, 4.69) is 6.92 Å². The SMILES string of the molecule is CCCC1CCC(c2nc3c(s2)C(N)CCC3)CC1. The monoisotopic (exact) mass is 278 g/mol. The lowest BCUT2D eigenvalue weighted by Gasteiger charge is -2.27. The molecule has 2 nitrogen and oxygen atoms in total. The quantitative estimate of drug-likeness (QED) is 0.880. The van der Waals surface area contributed by atoms with Crippen molar-refractivity contribution < 1.29 is 0 Å². The van der Waals surface area contributed by atoms with Gasteiger partial charge < -0.3 is 5.73 Å². The number of hydrogen-bond acceptors (Lipinski definition) is 3. The first-order valence-electron chi connectivity index (χ1n) is 8.03. The molecule has 0 saturated heterocycles. The first-order chi connectivity index (χ1) is 9.28. The van der Waals surface area contributed by atoms with Gasteiger partial charge in [0.2, 0.25) is 0 Å². The molecule has 0 amide bonds. The Morgan fingerprint density at radius 1 is 1.21 bits per heavy atom. The molecule has 0 radical (unpaired) electrons. The molecule has 0 spiro atoms. The van der Waals surface area contributed by atoms with Crippen LogP contribution in [-0.4, -0.2) is 4.98 Å². The third kappa shape index (κ3) is 2.87. The Kier molecular flexibility index (Phi) is 4.23. The predicted molar refractivity (Wildman–Crippen MR) is 81.6 cm³/mol. The lowest BCUT2D eigenvalue weighted by molar-refractivity contribution is 0.308. The average Bonchev–Trinajstić information content (AvgIpc) is 2.85. The second-order valence-corrected chi connectivity index (χ2v) is 7.43. The van der Waals surface area contributed by atoms with Crippen LogP contribution in [0.2, 0.25) is 0 Å². The van der Waals surface area contributed by atoms with Gasteiger partial charge in [-0.25, -0.2) is 4.98 Å². The van der Waals surface area contributed by atoms with Gasteiger partial charge in [0.25, 0.3) is 0 Å². The van der Waals surface area contributed by atoms with Gasteiger partial charge in [0, 0.05) is 16.8 Å². The lowest BCUT2D eigenvalue weighted by Crippen LogP contribution is -2.15. The predicted octanol–water partition coefficient (Wildman–Crippen LogP) is 4.55. The largest absolute Gasteiger partial charge is 0.323 e. The molecule has 1 heterocycles. The van der Waals surface area contributed by atoms with Crippen molar-refractivity contribution in [3.63, 3.8) is 0 Å². The van der Waals surface area contributed by atoms with Crippen LogP contribution in [0.4, 0.5) is 0 Å². The highest BCUT2D eigenvalue weighted by atomic mass is 32.1. The molecule has 106 valence electrons. The topological polar surface area (TPSA) is 38.9 Å². The Bertz CT molecular complexity index is 418. The molecule has 3 heteroatoms. The second-order valence-electron chi connectivity index (χ2n) is 6.37. The minimum Gasteiger partial charge on any atom is -0.323 e. The molecule has 1 atom stereocenters. The summed E-state index contributed by atoms with van der Waals surface area (Å²) >= 11 is 1.93. The first-order valence-corrected chi connectivity index (χ1v) is 8.84. The van der Waals surface area contributed by atoms with Crippen LogP contribution in [0.3, 0.4) is 0 Å². The van der Waals surface area contributed by atoms with Crippen molar-refractivity contribution >= 4 is 11.3 Å². The van der Waals surface area contributed by atoms with Gasteiger partial charge in [-0.1, -0.05) is 19.8 Å². The van der Waals surface area contributed by atoms with Crippen LogP contribution in [0.1, 0.15) is 85.8 Å². The molecule has 1 aromatic heterocycles. The van der Waals surface area contributed by atoms with Gasteiger partial charge in [-0.15, -0.1) is 11.3 Å². The highest BCUT2D eigenvalue weighted by Gasteiger charge is 2.27. The minimum absolute atomic E-state index is 0.270. The third-order valence-electron chi connectivity index (χ3n) is 4.90. The number of rotatable bonds is 3. The molecule has 0 aliphatic heterocycles. The molecular weight excluding hydrogens is 252 g/mol. The van der Waals surface area contributed by atoms with E-state index in [0.29, 0.717) is 0 Å². The summed E-state index contributed by atoms with van der Waals surface area (Å²) in [5.41, 5.74) is 7.55. The molecule has 1 saturated carbocycles. The Balaban J connectivity index is 1.67. The van der Waals surface area contributed by atoms with Crippen LogP contribution in [0.25, 0.3) is 0 Å². The highest BCUT2D eigenvalue weighted by Crippen LogP contribution is 2.42. The van der Waals surface area contributed by atoms with Gasteiger partial charge in [-0.2, -0.15) is 0 Å². The van der Waals surface area contributed by atoms with Crippen molar-refractivity contribution in [2.45, 2.75) is 76.7 Å². The van der Waals surface area contributed by atoms with Gasteiger partial charge in [0.15, 0.2) is 0 Å². The lowest BCUT2D eigenvalue weighted by atomic mass is 9.80. The van der Waals surface area contributed by atoms with E-state index < -0.39 is 0 Å². The highest BCUT2D eigenvalue weighted by molar-refractivity contribution is 7.12. The van der Waals surface area contributed by atoms with Gasteiger partial charge in [0.05, 0.1) is 10.7 Å². The molecule has 1 unspecified atom stereocenters. The van der Waals surface area contributed by atoms with Gasteiger partial charge in [-0.05, 0) is 50.9 Å². The van der Waals surface area contributed by atoms with Crippen molar-refractivity contribution in [2.24, 2.45) is 11.7 Å². The molecule has 0 bridgehead atoms. The summed E-state index contributed by atoms with van der Waals surface area (Å²) in [4.78, 5) is 6.33. The van der Waals surface area contributed by atoms with Gasteiger partial charge in [0.1, 0.15) is 0 Å². The second kappa shape index (κ2) is 5.92. The number of aromatic nitrogens is 1. The smallest absolute Gasteiger partial charge is 0.0962 e. The zero-order valence-corrected chi connectivity index (χ0v) is 12.8. The van der Waals surface area contributed by atoms with Crippen LogP contribution >= 0.6 is 11.3 Å². The number of aryl methyl sites for hydroxylation is 1. The summed E-state index contributed by atoms with van der Waals surface area (Å²) in [6, 6.07) is 0.270. The molecule has 0 aromatic carbocycles. The molecule has 19 heavy (non-hydrogen) atoms. The Labute approximate surface area is 120 Å². The molecule has 3 rings (SSSR count). The summed E-state index contributed by atoms with van der Waals surface area (Å²) in [6.07, 6.45) is 11.8. The van der Waals surface area contributed by atoms with Crippen LogP contribution in [0.15, 0.2) is 0 Å². The number of nitrogens with zero attached hydrogens (tertiary/aromatic N) is 1. The van der Waals surface area contributed by atoms with Crippen molar-refractivity contribution in [2.75, 3.05) is 0 Å². The Morgan fingerprint density at radius 2 is 2.00 bits per heavy atom. The molecule has 1 aromatic rings. The minimum atomic E-state index is 0.270. The molecule has 2 aliphatic carbocycles. The van der Waals surface area contributed by atoms with Crippen molar-refractivity contribution in [1.29, 1.82) is 0 Å². The number of thiazole rings is 1. The van der Waals surface area contributed by atoms with Crippen LogP contribution in [-0.2, 0) is 6.42 Å². The molecule has 1 fully saturated rings. The van der Waals surface area contributed by atoms with Crippen molar-refractivity contribution in [1.82, 2.24) is 4.98 Å². The molecule has 2 aliphatic rings. The third-order valence-corrected chi connectivity index (χ3v) is 6.29. The van der Waals surface area contributed by atoms with Crippen LogP contribution in [0, 0.1) is 5.92 Å². The van der Waals surface area contributed by atoms with E-state index in [0.717, 1.165) is 24.7 Å². The van der Waals surface area contributed by atoms with Crippen LogP contribution < -0.4 is 5.73 Å². The van der Waals surface area contributed by atoms with E-state index in [1.54, 1.807) is 0 Å². The maximum atomic E-state index is 6.22. The summed E-state index contributed by atoms with van der Waals surface area (Å²) < 4.78 is 0. The zero-order chi connectivity index (χ0) is 13.2. The van der Waals surface area contributed by atoms with Gasteiger partial charge in [-0.3, -0.25) is 0 Å². The van der Waals surface area contributed by atoms with Crippen molar-refractivity contribution in [3.05, 3.63) is 15.6 Å². The Morgan fingerprint density at radius 3 is 2.68 bits per heavy atom. The fraction of sp³-hybridized carbons (Fsp3) is 0.812.